The lowest BCUT2D eigenvalue weighted by molar-refractivity contribution is 0.606. The van der Waals surface area contributed by atoms with Crippen molar-refractivity contribution >= 4 is 6.21 Å². The van der Waals surface area contributed by atoms with Crippen molar-refractivity contribution in [3.05, 3.63) is 12.7 Å². The smallest absolute Gasteiger partial charge is 0.117 e. The van der Waals surface area contributed by atoms with Gasteiger partial charge in [-0.05, 0) is 6.42 Å². The molecule has 1 aliphatic heterocycles. The maximum Gasteiger partial charge on any atom is 0.117 e. The van der Waals surface area contributed by atoms with Crippen LogP contribution in [-0.2, 0) is 0 Å². The van der Waals surface area contributed by atoms with Crippen LogP contribution in [0.25, 0.3) is 0 Å². The Morgan fingerprint density at radius 3 is 3.12 bits per heavy atom. The van der Waals surface area contributed by atoms with Crippen LogP contribution in [0.15, 0.2) is 17.6 Å². The van der Waals surface area contributed by atoms with E-state index in [1.165, 1.54) is 0 Å². The van der Waals surface area contributed by atoms with Gasteiger partial charge in [-0.1, -0.05) is 12.7 Å². The zero-order valence-electron chi connectivity index (χ0n) is 4.80. The zero-order valence-corrected chi connectivity index (χ0v) is 4.80. The quantitative estimate of drug-likeness (QED) is 0.490. The highest BCUT2D eigenvalue weighted by Gasteiger charge is 2.00. The molecule has 0 aromatic heterocycles. The van der Waals surface area contributed by atoms with Crippen molar-refractivity contribution in [1.29, 1.82) is 0 Å². The average molecular weight is 110 g/mol. The van der Waals surface area contributed by atoms with Crippen LogP contribution >= 0.6 is 0 Å². The van der Waals surface area contributed by atoms with Crippen molar-refractivity contribution in [2.75, 3.05) is 6.54 Å². The first-order valence-electron chi connectivity index (χ1n) is 2.81. The Bertz CT molecular complexity index is 107. The van der Waals surface area contributed by atoms with Crippen LogP contribution in [0, 0.1) is 0 Å². The lowest BCUT2D eigenvalue weighted by Gasteiger charge is -2.12. The topological polar surface area (TPSA) is 24.4 Å². The van der Waals surface area contributed by atoms with E-state index < -0.39 is 0 Å². The van der Waals surface area contributed by atoms with E-state index in [1.54, 1.807) is 6.08 Å². The van der Waals surface area contributed by atoms with Crippen LogP contribution < -0.4 is 5.32 Å². The molecular weight excluding hydrogens is 100 g/mol. The van der Waals surface area contributed by atoms with Gasteiger partial charge in [-0.25, -0.2) is 0 Å². The predicted molar refractivity (Wildman–Crippen MR) is 35.1 cm³/mol. The van der Waals surface area contributed by atoms with Gasteiger partial charge < -0.3 is 0 Å². The molecule has 0 radical (unpaired) electrons. The summed E-state index contributed by atoms with van der Waals surface area (Å²) in [5.41, 5.74) is 0. The number of nitrogens with zero attached hydrogens (tertiary/aromatic N) is 1. The van der Waals surface area contributed by atoms with E-state index in [0.717, 1.165) is 13.0 Å². The Kier molecular flexibility index (Phi) is 1.80. The number of aliphatic imine (C=N–C) groups is 1. The monoisotopic (exact) mass is 110 g/mol. The van der Waals surface area contributed by atoms with Crippen molar-refractivity contribution in [2.24, 2.45) is 4.99 Å². The van der Waals surface area contributed by atoms with E-state index in [4.69, 9.17) is 0 Å². The molecule has 0 saturated carbocycles. The van der Waals surface area contributed by atoms with E-state index in [-0.39, 0.29) is 6.17 Å². The molecule has 1 unspecified atom stereocenters. The maximum absolute atomic E-state index is 4.09. The molecule has 0 aliphatic carbocycles. The fourth-order valence-electron chi connectivity index (χ4n) is 0.681. The third-order valence-corrected chi connectivity index (χ3v) is 1.12. The maximum atomic E-state index is 4.09. The van der Waals surface area contributed by atoms with Crippen LogP contribution in [0.1, 0.15) is 6.42 Å². The van der Waals surface area contributed by atoms with Gasteiger partial charge in [0.2, 0.25) is 0 Å². The summed E-state index contributed by atoms with van der Waals surface area (Å²) < 4.78 is 0. The fraction of sp³-hybridized carbons (Fsp3) is 0.500. The van der Waals surface area contributed by atoms with Gasteiger partial charge in [0.25, 0.3) is 0 Å². The molecule has 2 heteroatoms. The van der Waals surface area contributed by atoms with Crippen molar-refractivity contribution in [2.45, 2.75) is 12.6 Å². The number of nitrogens with one attached hydrogen (secondary N) is 1. The Morgan fingerprint density at radius 2 is 2.75 bits per heavy atom. The summed E-state index contributed by atoms with van der Waals surface area (Å²) in [4.78, 5) is 4.09. The summed E-state index contributed by atoms with van der Waals surface area (Å²) in [5.74, 6) is 0. The minimum Gasteiger partial charge on any atom is -0.292 e. The molecule has 1 atom stereocenters. The van der Waals surface area contributed by atoms with Crippen molar-refractivity contribution in [3.63, 3.8) is 0 Å². The van der Waals surface area contributed by atoms with E-state index in [1.807, 2.05) is 6.21 Å². The van der Waals surface area contributed by atoms with Crippen molar-refractivity contribution < 1.29 is 0 Å². The number of hydrogen-bond acceptors (Lipinski definition) is 2. The molecule has 0 aromatic carbocycles. The van der Waals surface area contributed by atoms with Crippen LogP contribution in [0.5, 0.6) is 0 Å². The third-order valence-electron chi connectivity index (χ3n) is 1.12. The minimum atomic E-state index is 0.170. The first kappa shape index (κ1) is 5.51. The second-order valence-corrected chi connectivity index (χ2v) is 1.75. The van der Waals surface area contributed by atoms with Gasteiger partial charge in [0.1, 0.15) is 6.17 Å². The second kappa shape index (κ2) is 2.62. The van der Waals surface area contributed by atoms with Gasteiger partial charge in [-0.3, -0.25) is 10.3 Å². The molecule has 1 rings (SSSR count). The standard InChI is InChI=1S/C6H10N2/c1-2-6-7-4-3-5-8-6/h2,4,6,8H,1,3,5H2. The Labute approximate surface area is 49.3 Å². The zero-order chi connectivity index (χ0) is 5.82. The molecule has 0 saturated heterocycles. The fourth-order valence-corrected chi connectivity index (χ4v) is 0.681. The molecule has 0 bridgehead atoms. The first-order valence-corrected chi connectivity index (χ1v) is 2.81. The van der Waals surface area contributed by atoms with Crippen LogP contribution in [0.4, 0.5) is 0 Å². The van der Waals surface area contributed by atoms with Crippen LogP contribution in [0.2, 0.25) is 0 Å². The summed E-state index contributed by atoms with van der Waals surface area (Å²) in [6.45, 7) is 4.64. The van der Waals surface area contributed by atoms with Crippen molar-refractivity contribution in [3.8, 4) is 0 Å². The molecule has 2 nitrogen and oxygen atoms in total. The summed E-state index contributed by atoms with van der Waals surface area (Å²) >= 11 is 0. The number of rotatable bonds is 1. The van der Waals surface area contributed by atoms with Gasteiger partial charge in [-0.2, -0.15) is 0 Å². The normalized spacial score (nSPS) is 27.8. The van der Waals surface area contributed by atoms with Gasteiger partial charge >= 0.3 is 0 Å². The predicted octanol–water partition coefficient (Wildman–Crippen LogP) is 0.563. The summed E-state index contributed by atoms with van der Waals surface area (Å²) in [6.07, 6.45) is 4.95. The molecule has 0 aromatic rings. The van der Waals surface area contributed by atoms with Crippen molar-refractivity contribution in [1.82, 2.24) is 5.32 Å². The van der Waals surface area contributed by atoms with E-state index in [9.17, 15) is 0 Å². The molecule has 44 valence electrons. The molecule has 1 heterocycles. The van der Waals surface area contributed by atoms with Gasteiger partial charge in [0.15, 0.2) is 0 Å². The average Bonchev–Trinajstić information content (AvgIpc) is 1.90. The second-order valence-electron chi connectivity index (χ2n) is 1.75. The highest BCUT2D eigenvalue weighted by Crippen LogP contribution is 1.91. The van der Waals surface area contributed by atoms with E-state index in [2.05, 4.69) is 16.9 Å². The lowest BCUT2D eigenvalue weighted by Crippen LogP contribution is -2.29. The highest BCUT2D eigenvalue weighted by atomic mass is 15.1. The van der Waals surface area contributed by atoms with Gasteiger partial charge in [-0.15, -0.1) is 0 Å². The molecular formula is C6H10N2. The minimum absolute atomic E-state index is 0.170. The lowest BCUT2D eigenvalue weighted by atomic mass is 10.3. The molecule has 0 spiro atoms. The summed E-state index contributed by atoms with van der Waals surface area (Å²) in [5, 5.41) is 3.15. The Morgan fingerprint density at radius 1 is 1.88 bits per heavy atom. The van der Waals surface area contributed by atoms with Gasteiger partial charge in [0, 0.05) is 12.8 Å². The molecule has 8 heavy (non-hydrogen) atoms. The first-order chi connectivity index (χ1) is 3.93. The van der Waals surface area contributed by atoms with E-state index >= 15 is 0 Å². The molecule has 1 aliphatic rings. The third kappa shape index (κ3) is 1.17. The van der Waals surface area contributed by atoms with E-state index in [0.29, 0.717) is 0 Å². The van der Waals surface area contributed by atoms with Gasteiger partial charge in [0.05, 0.1) is 0 Å². The Balaban J connectivity index is 2.42. The Hall–Kier alpha value is -0.630. The summed E-state index contributed by atoms with van der Waals surface area (Å²) in [7, 11) is 0. The van der Waals surface area contributed by atoms with Crippen LogP contribution in [-0.4, -0.2) is 18.9 Å². The number of hydrogen-bond donors (Lipinski definition) is 1. The molecule has 1 N–H and O–H groups in total. The summed E-state index contributed by atoms with van der Waals surface area (Å²) in [6, 6.07) is 0. The molecule has 0 fully saturated rings. The molecule has 0 amide bonds. The SMILES string of the molecule is C=CC1N=CCCN1. The van der Waals surface area contributed by atoms with Crippen LogP contribution in [0.3, 0.4) is 0 Å². The largest absolute Gasteiger partial charge is 0.292 e. The highest BCUT2D eigenvalue weighted by molar-refractivity contribution is 5.58.